The zero-order valence-electron chi connectivity index (χ0n) is 17.2. The summed E-state index contributed by atoms with van der Waals surface area (Å²) < 4.78 is 2.20. The minimum Gasteiger partial charge on any atom is -0.335 e. The van der Waals surface area contributed by atoms with Crippen LogP contribution in [-0.2, 0) is 6.54 Å². The molecule has 0 saturated carbocycles. The number of hydrogen-bond donors (Lipinski definition) is 1. The average molecular weight is 420 g/mol. The number of fused-ring (bicyclic) bond motifs is 2. The van der Waals surface area contributed by atoms with Gasteiger partial charge in [-0.3, -0.25) is 9.88 Å². The topological polar surface area (TPSA) is 46.0 Å². The molecule has 3 heterocycles. The number of halogens is 1. The fraction of sp³-hybridized carbons (Fsp3) is 0.333. The quantitative estimate of drug-likeness (QED) is 0.689. The largest absolute Gasteiger partial charge is 0.335 e. The standard InChI is InChI=1S/C24H26ClN5/c1-17-27-10-14-29(17)11-6-18-15-19-16-20(25)4-5-22(19)24(30-12-8-26-9-13-30)23-21(18)3-2-7-28-23/h2-5,7,10,14-16,24,26H,6,8-9,11-13H2,1H3/t24-/m1/s1. The molecular formula is C24H26ClN5. The van der Waals surface area contributed by atoms with Crippen LogP contribution in [0, 0.1) is 6.92 Å². The third kappa shape index (κ3) is 3.69. The van der Waals surface area contributed by atoms with Gasteiger partial charge in [0.25, 0.3) is 0 Å². The molecule has 6 heteroatoms. The molecule has 1 aliphatic heterocycles. The second-order valence-electron chi connectivity index (χ2n) is 7.99. The molecule has 2 aromatic heterocycles. The first-order valence-electron chi connectivity index (χ1n) is 10.6. The van der Waals surface area contributed by atoms with E-state index in [4.69, 9.17) is 16.6 Å². The average Bonchev–Trinajstić information content (AvgIpc) is 3.12. The van der Waals surface area contributed by atoms with Crippen molar-refractivity contribution in [1.29, 1.82) is 0 Å². The number of nitrogens with zero attached hydrogens (tertiary/aromatic N) is 4. The number of imidazole rings is 1. The van der Waals surface area contributed by atoms with Crippen molar-refractivity contribution in [3.63, 3.8) is 0 Å². The molecular weight excluding hydrogens is 394 g/mol. The highest BCUT2D eigenvalue weighted by atomic mass is 35.5. The lowest BCUT2D eigenvalue weighted by Gasteiger charge is -2.35. The van der Waals surface area contributed by atoms with Crippen LogP contribution < -0.4 is 5.32 Å². The number of pyridine rings is 1. The van der Waals surface area contributed by atoms with E-state index in [0.29, 0.717) is 0 Å². The van der Waals surface area contributed by atoms with Gasteiger partial charge in [-0.2, -0.15) is 0 Å². The first-order chi connectivity index (χ1) is 14.7. The van der Waals surface area contributed by atoms with Crippen LogP contribution in [0.1, 0.15) is 40.7 Å². The summed E-state index contributed by atoms with van der Waals surface area (Å²) in [4.78, 5) is 11.8. The van der Waals surface area contributed by atoms with E-state index in [0.717, 1.165) is 55.7 Å². The molecule has 1 fully saturated rings. The number of aromatic nitrogens is 3. The zero-order chi connectivity index (χ0) is 20.5. The Labute approximate surface area is 182 Å². The van der Waals surface area contributed by atoms with Gasteiger partial charge in [-0.05, 0) is 48.2 Å². The summed E-state index contributed by atoms with van der Waals surface area (Å²) in [6, 6.07) is 10.7. The SMILES string of the molecule is Cc1nccn1CCC1=Cc2cc(Cl)ccc2[C@@H](N2CCNCC2)c2ncccc21. The third-order valence-electron chi connectivity index (χ3n) is 6.18. The van der Waals surface area contributed by atoms with Gasteiger partial charge in [0.2, 0.25) is 0 Å². The minimum absolute atomic E-state index is 0.138. The normalized spacial score (nSPS) is 19.0. The van der Waals surface area contributed by atoms with Crippen LogP contribution in [0.25, 0.3) is 11.6 Å². The molecule has 0 radical (unpaired) electrons. The van der Waals surface area contributed by atoms with Gasteiger partial charge in [-0.1, -0.05) is 29.8 Å². The first-order valence-corrected chi connectivity index (χ1v) is 11.0. The van der Waals surface area contributed by atoms with Crippen LogP contribution in [0.4, 0.5) is 0 Å². The summed E-state index contributed by atoms with van der Waals surface area (Å²) in [5.74, 6) is 1.04. The monoisotopic (exact) mass is 419 g/mol. The van der Waals surface area contributed by atoms with Crippen molar-refractivity contribution in [2.75, 3.05) is 26.2 Å². The Bertz CT molecular complexity index is 1080. The van der Waals surface area contributed by atoms with Crippen molar-refractivity contribution in [1.82, 2.24) is 24.8 Å². The van der Waals surface area contributed by atoms with Crippen molar-refractivity contribution in [2.24, 2.45) is 0 Å². The van der Waals surface area contributed by atoms with E-state index in [1.54, 1.807) is 0 Å². The minimum atomic E-state index is 0.138. The molecule has 0 spiro atoms. The second-order valence-corrected chi connectivity index (χ2v) is 8.42. The van der Waals surface area contributed by atoms with E-state index in [9.17, 15) is 0 Å². The Hall–Kier alpha value is -2.47. The van der Waals surface area contributed by atoms with E-state index in [1.165, 1.54) is 22.3 Å². The highest BCUT2D eigenvalue weighted by molar-refractivity contribution is 6.30. The van der Waals surface area contributed by atoms with Crippen LogP contribution in [0.15, 0.2) is 48.9 Å². The van der Waals surface area contributed by atoms with Crippen molar-refractivity contribution >= 4 is 23.3 Å². The molecule has 1 N–H and O–H groups in total. The molecule has 3 aromatic rings. The van der Waals surface area contributed by atoms with Gasteiger partial charge in [-0.25, -0.2) is 4.98 Å². The highest BCUT2D eigenvalue weighted by Gasteiger charge is 2.31. The van der Waals surface area contributed by atoms with Gasteiger partial charge in [0.1, 0.15) is 5.82 Å². The molecule has 0 amide bonds. The molecule has 5 rings (SSSR count). The van der Waals surface area contributed by atoms with Crippen molar-refractivity contribution in [2.45, 2.75) is 25.9 Å². The summed E-state index contributed by atoms with van der Waals surface area (Å²) in [5, 5.41) is 4.24. The maximum Gasteiger partial charge on any atom is 0.105 e. The van der Waals surface area contributed by atoms with Crippen LogP contribution in [0.5, 0.6) is 0 Å². The van der Waals surface area contributed by atoms with E-state index >= 15 is 0 Å². The maximum absolute atomic E-state index is 6.42. The Kier molecular flexibility index (Phi) is 5.42. The number of benzene rings is 1. The van der Waals surface area contributed by atoms with Crippen LogP contribution >= 0.6 is 11.6 Å². The van der Waals surface area contributed by atoms with E-state index in [-0.39, 0.29) is 6.04 Å². The van der Waals surface area contributed by atoms with Crippen molar-refractivity contribution in [3.8, 4) is 0 Å². The fourth-order valence-corrected chi connectivity index (χ4v) is 4.82. The van der Waals surface area contributed by atoms with E-state index in [1.807, 2.05) is 37.6 Å². The van der Waals surface area contributed by atoms with Gasteiger partial charge in [0.15, 0.2) is 0 Å². The maximum atomic E-state index is 6.42. The molecule has 30 heavy (non-hydrogen) atoms. The second kappa shape index (κ2) is 8.34. The van der Waals surface area contributed by atoms with E-state index in [2.05, 4.69) is 44.0 Å². The Balaban J connectivity index is 1.61. The van der Waals surface area contributed by atoms with Crippen molar-refractivity contribution < 1.29 is 0 Å². The van der Waals surface area contributed by atoms with Gasteiger partial charge < -0.3 is 9.88 Å². The summed E-state index contributed by atoms with van der Waals surface area (Å²) in [5.41, 5.74) is 6.17. The van der Waals surface area contributed by atoms with Gasteiger partial charge in [-0.15, -0.1) is 0 Å². The Morgan fingerprint density at radius 2 is 2.00 bits per heavy atom. The van der Waals surface area contributed by atoms with Crippen molar-refractivity contribution in [3.05, 3.63) is 82.2 Å². The predicted molar refractivity (Wildman–Crippen MR) is 121 cm³/mol. The molecule has 0 bridgehead atoms. The van der Waals surface area contributed by atoms with Gasteiger partial charge in [0.05, 0.1) is 11.7 Å². The summed E-state index contributed by atoms with van der Waals surface area (Å²) >= 11 is 6.42. The fourth-order valence-electron chi connectivity index (χ4n) is 4.64. The summed E-state index contributed by atoms with van der Waals surface area (Å²) in [6.07, 6.45) is 9.06. The van der Waals surface area contributed by atoms with Crippen LogP contribution in [0.2, 0.25) is 5.02 Å². The number of allylic oxidation sites excluding steroid dienone is 1. The van der Waals surface area contributed by atoms with Gasteiger partial charge in [0, 0.05) is 61.9 Å². The molecule has 1 saturated heterocycles. The highest BCUT2D eigenvalue weighted by Crippen LogP contribution is 2.40. The predicted octanol–water partition coefficient (Wildman–Crippen LogP) is 4.18. The smallest absolute Gasteiger partial charge is 0.105 e. The lowest BCUT2D eigenvalue weighted by molar-refractivity contribution is 0.195. The molecule has 1 aromatic carbocycles. The lowest BCUT2D eigenvalue weighted by atomic mass is 9.95. The molecule has 2 aliphatic rings. The Morgan fingerprint density at radius 1 is 1.13 bits per heavy atom. The molecule has 5 nitrogen and oxygen atoms in total. The zero-order valence-corrected chi connectivity index (χ0v) is 17.9. The van der Waals surface area contributed by atoms with E-state index < -0.39 is 0 Å². The Morgan fingerprint density at radius 3 is 2.80 bits per heavy atom. The summed E-state index contributed by atoms with van der Waals surface area (Å²) in [6.45, 7) is 6.95. The number of hydrogen-bond acceptors (Lipinski definition) is 4. The molecule has 1 atom stereocenters. The molecule has 1 aliphatic carbocycles. The van der Waals surface area contributed by atoms with Gasteiger partial charge >= 0.3 is 0 Å². The molecule has 0 unspecified atom stereocenters. The summed E-state index contributed by atoms with van der Waals surface area (Å²) in [7, 11) is 0. The number of piperazine rings is 1. The third-order valence-corrected chi connectivity index (χ3v) is 6.41. The number of rotatable bonds is 4. The van der Waals surface area contributed by atoms with Crippen LogP contribution in [0.3, 0.4) is 0 Å². The number of aryl methyl sites for hydroxylation is 2. The molecule has 154 valence electrons. The lowest BCUT2D eigenvalue weighted by Crippen LogP contribution is -2.45. The number of nitrogens with one attached hydrogen (secondary N) is 1. The van der Waals surface area contributed by atoms with Crippen LogP contribution in [-0.4, -0.2) is 45.6 Å². The first kappa shape index (κ1) is 19.5.